The molecule has 8 nitrogen and oxygen atoms in total. The quantitative estimate of drug-likeness (QED) is 0.731. The van der Waals surface area contributed by atoms with E-state index in [1.165, 1.54) is 19.1 Å². The van der Waals surface area contributed by atoms with Crippen LogP contribution in [0.3, 0.4) is 0 Å². The van der Waals surface area contributed by atoms with Gasteiger partial charge in [0.2, 0.25) is 10.0 Å². The van der Waals surface area contributed by atoms with Crippen LogP contribution in [0, 0.1) is 11.3 Å². The van der Waals surface area contributed by atoms with Crippen LogP contribution < -0.4 is 10.0 Å². The predicted molar refractivity (Wildman–Crippen MR) is 99.6 cm³/mol. The number of nitriles is 1. The molecule has 0 saturated carbocycles. The molecule has 0 aliphatic heterocycles. The lowest BCUT2D eigenvalue weighted by atomic mass is 10.2. The number of amides is 1. The molecular formula is C18H17N3O5S. The summed E-state index contributed by atoms with van der Waals surface area (Å²) in [6.07, 6.45) is -0.164. The molecule has 0 bridgehead atoms. The van der Waals surface area contributed by atoms with Crippen molar-refractivity contribution in [1.29, 1.82) is 5.26 Å². The van der Waals surface area contributed by atoms with E-state index in [0.717, 1.165) is 6.26 Å². The van der Waals surface area contributed by atoms with Crippen molar-refractivity contribution in [2.24, 2.45) is 0 Å². The van der Waals surface area contributed by atoms with Gasteiger partial charge < -0.3 is 10.1 Å². The molecule has 0 heterocycles. The largest absolute Gasteiger partial charge is 0.449 e. The second kappa shape index (κ2) is 8.33. The van der Waals surface area contributed by atoms with Crippen molar-refractivity contribution >= 4 is 33.3 Å². The molecule has 27 heavy (non-hydrogen) atoms. The first-order valence-electron chi connectivity index (χ1n) is 7.78. The fraction of sp³-hybridized carbons (Fsp3) is 0.167. The van der Waals surface area contributed by atoms with Gasteiger partial charge in [0.25, 0.3) is 5.91 Å². The molecule has 0 aliphatic rings. The van der Waals surface area contributed by atoms with Crippen LogP contribution in [0.2, 0.25) is 0 Å². The van der Waals surface area contributed by atoms with E-state index in [-0.39, 0.29) is 11.3 Å². The third kappa shape index (κ3) is 5.83. The third-order valence-electron chi connectivity index (χ3n) is 3.38. The number of ether oxygens (including phenoxy) is 1. The number of benzene rings is 2. The summed E-state index contributed by atoms with van der Waals surface area (Å²) in [5.41, 5.74) is 0.939. The van der Waals surface area contributed by atoms with Crippen LogP contribution in [0.5, 0.6) is 0 Å². The van der Waals surface area contributed by atoms with E-state index in [1.807, 2.05) is 6.07 Å². The number of carbonyl (C=O) groups is 2. The smallest absolute Gasteiger partial charge is 0.341 e. The predicted octanol–water partition coefficient (Wildman–Crippen LogP) is 2.11. The molecular weight excluding hydrogens is 370 g/mol. The SMILES string of the molecule is C[C@@H](OC(=O)c1ccccc1NS(C)(=O)=O)C(=O)Nc1ccc(C#N)cc1. The molecule has 0 saturated heterocycles. The fourth-order valence-electron chi connectivity index (χ4n) is 2.10. The van der Waals surface area contributed by atoms with E-state index in [2.05, 4.69) is 10.0 Å². The van der Waals surface area contributed by atoms with Crippen molar-refractivity contribution in [3.05, 3.63) is 59.7 Å². The van der Waals surface area contributed by atoms with Gasteiger partial charge in [-0.15, -0.1) is 0 Å². The summed E-state index contributed by atoms with van der Waals surface area (Å²) in [6, 6.07) is 14.1. The molecule has 0 radical (unpaired) electrons. The maximum atomic E-state index is 12.3. The highest BCUT2D eigenvalue weighted by molar-refractivity contribution is 7.92. The van der Waals surface area contributed by atoms with Gasteiger partial charge in [-0.2, -0.15) is 5.26 Å². The van der Waals surface area contributed by atoms with Crippen molar-refractivity contribution < 1.29 is 22.7 Å². The van der Waals surface area contributed by atoms with Crippen molar-refractivity contribution in [2.45, 2.75) is 13.0 Å². The van der Waals surface area contributed by atoms with E-state index in [1.54, 1.807) is 36.4 Å². The van der Waals surface area contributed by atoms with E-state index < -0.39 is 28.0 Å². The van der Waals surface area contributed by atoms with Crippen LogP contribution in [0.4, 0.5) is 11.4 Å². The van der Waals surface area contributed by atoms with E-state index in [9.17, 15) is 18.0 Å². The molecule has 2 N–H and O–H groups in total. The Bertz CT molecular complexity index is 994. The zero-order valence-electron chi connectivity index (χ0n) is 14.6. The average molecular weight is 387 g/mol. The van der Waals surface area contributed by atoms with E-state index in [0.29, 0.717) is 11.3 Å². The summed E-state index contributed by atoms with van der Waals surface area (Å²) in [7, 11) is -3.58. The first-order valence-corrected chi connectivity index (χ1v) is 9.67. The molecule has 1 atom stereocenters. The summed E-state index contributed by atoms with van der Waals surface area (Å²) in [6.45, 7) is 1.39. The Hall–Kier alpha value is -3.38. The van der Waals surface area contributed by atoms with Crippen molar-refractivity contribution in [3.8, 4) is 6.07 Å². The number of sulfonamides is 1. The maximum absolute atomic E-state index is 12.3. The van der Waals surface area contributed by atoms with Crippen molar-refractivity contribution in [2.75, 3.05) is 16.3 Å². The highest BCUT2D eigenvalue weighted by atomic mass is 32.2. The number of nitrogens with one attached hydrogen (secondary N) is 2. The second-order valence-electron chi connectivity index (χ2n) is 5.65. The Morgan fingerprint density at radius 1 is 1.11 bits per heavy atom. The molecule has 0 fully saturated rings. The van der Waals surface area contributed by atoms with Gasteiger partial charge >= 0.3 is 5.97 Å². The highest BCUT2D eigenvalue weighted by Gasteiger charge is 2.21. The van der Waals surface area contributed by atoms with Gasteiger partial charge in [0, 0.05) is 5.69 Å². The molecule has 2 aromatic carbocycles. The number of esters is 1. The monoisotopic (exact) mass is 387 g/mol. The normalized spacial score (nSPS) is 11.7. The Labute approximate surface area is 156 Å². The Morgan fingerprint density at radius 3 is 2.33 bits per heavy atom. The lowest BCUT2D eigenvalue weighted by molar-refractivity contribution is -0.123. The van der Waals surface area contributed by atoms with Gasteiger partial charge in [-0.1, -0.05) is 12.1 Å². The zero-order valence-corrected chi connectivity index (χ0v) is 15.4. The number of rotatable bonds is 6. The Kier molecular flexibility index (Phi) is 6.15. The van der Waals surface area contributed by atoms with Crippen LogP contribution in [0.1, 0.15) is 22.8 Å². The van der Waals surface area contributed by atoms with Gasteiger partial charge in [0.1, 0.15) is 0 Å². The first kappa shape index (κ1) is 19.9. The standard InChI is InChI=1S/C18H17N3O5S/c1-12(17(22)20-14-9-7-13(11-19)8-10-14)26-18(23)15-5-3-4-6-16(15)21-27(2,24)25/h3-10,12,21H,1-2H3,(H,20,22)/t12-/m1/s1. The van der Waals surface area contributed by atoms with Gasteiger partial charge in [-0.05, 0) is 43.3 Å². The summed E-state index contributed by atoms with van der Waals surface area (Å²) in [4.78, 5) is 24.5. The fourth-order valence-corrected chi connectivity index (χ4v) is 2.68. The molecule has 2 aromatic rings. The Morgan fingerprint density at radius 2 is 1.74 bits per heavy atom. The molecule has 9 heteroatoms. The van der Waals surface area contributed by atoms with Crippen LogP contribution in [-0.4, -0.2) is 32.7 Å². The molecule has 140 valence electrons. The number of anilines is 2. The summed E-state index contributed by atoms with van der Waals surface area (Å²) < 4.78 is 30.2. The maximum Gasteiger partial charge on any atom is 0.341 e. The van der Waals surface area contributed by atoms with Gasteiger partial charge in [-0.25, -0.2) is 13.2 Å². The molecule has 0 spiro atoms. The molecule has 0 unspecified atom stereocenters. The number of nitrogens with zero attached hydrogens (tertiary/aromatic N) is 1. The minimum absolute atomic E-state index is 0.0130. The van der Waals surface area contributed by atoms with Crippen molar-refractivity contribution in [1.82, 2.24) is 0 Å². The van der Waals surface area contributed by atoms with Crippen LogP contribution >= 0.6 is 0 Å². The van der Waals surface area contributed by atoms with Gasteiger partial charge in [0.05, 0.1) is 29.1 Å². The van der Waals surface area contributed by atoms with Crippen LogP contribution in [0.25, 0.3) is 0 Å². The summed E-state index contributed by atoms with van der Waals surface area (Å²) in [5, 5.41) is 11.3. The van der Waals surface area contributed by atoms with Gasteiger partial charge in [0.15, 0.2) is 6.10 Å². The van der Waals surface area contributed by atoms with Gasteiger partial charge in [-0.3, -0.25) is 9.52 Å². The summed E-state index contributed by atoms with van der Waals surface area (Å²) >= 11 is 0. The topological polar surface area (TPSA) is 125 Å². The molecule has 0 aliphatic carbocycles. The number of hydrogen-bond acceptors (Lipinski definition) is 6. The summed E-state index contributed by atoms with van der Waals surface area (Å²) in [5.74, 6) is -1.41. The lowest BCUT2D eigenvalue weighted by Crippen LogP contribution is -2.30. The first-order chi connectivity index (χ1) is 12.7. The molecule has 1 amide bonds. The molecule has 2 rings (SSSR count). The zero-order chi connectivity index (χ0) is 20.0. The minimum Gasteiger partial charge on any atom is -0.449 e. The Balaban J connectivity index is 2.06. The molecule has 0 aromatic heterocycles. The van der Waals surface area contributed by atoms with E-state index >= 15 is 0 Å². The second-order valence-corrected chi connectivity index (χ2v) is 7.39. The van der Waals surface area contributed by atoms with Crippen LogP contribution in [0.15, 0.2) is 48.5 Å². The number of hydrogen-bond donors (Lipinski definition) is 2. The number of carbonyl (C=O) groups excluding carboxylic acids is 2. The lowest BCUT2D eigenvalue weighted by Gasteiger charge is -2.15. The van der Waals surface area contributed by atoms with Crippen molar-refractivity contribution in [3.63, 3.8) is 0 Å². The van der Waals surface area contributed by atoms with E-state index in [4.69, 9.17) is 10.00 Å². The minimum atomic E-state index is -3.58. The van der Waals surface area contributed by atoms with Crippen LogP contribution in [-0.2, 0) is 19.6 Å². The third-order valence-corrected chi connectivity index (χ3v) is 3.97. The highest BCUT2D eigenvalue weighted by Crippen LogP contribution is 2.18. The number of para-hydroxylation sites is 1. The average Bonchev–Trinajstić information content (AvgIpc) is 2.61.